The van der Waals surface area contributed by atoms with Crippen molar-refractivity contribution in [2.24, 2.45) is 5.92 Å². The fourth-order valence-electron chi connectivity index (χ4n) is 4.16. The molecule has 1 aliphatic heterocycles. The van der Waals surface area contributed by atoms with Gasteiger partial charge in [-0.2, -0.15) is 9.61 Å². The SMILES string of the molecule is COC1CCN(C(=O)C=Cc2c(C)nn3c(O)c(C(=O)NC4CC4)c(=O)n(CC(C)C)c23)C1. The number of likely N-dealkylation sites (tertiary alicyclic amines) is 1. The minimum atomic E-state index is -0.596. The van der Waals surface area contributed by atoms with E-state index in [1.54, 1.807) is 25.0 Å². The Bertz CT molecular complexity index is 1170. The molecule has 2 aromatic rings. The van der Waals surface area contributed by atoms with Crippen molar-refractivity contribution in [2.75, 3.05) is 20.2 Å². The van der Waals surface area contributed by atoms with Crippen LogP contribution in [-0.4, -0.2) is 68.3 Å². The van der Waals surface area contributed by atoms with E-state index in [2.05, 4.69) is 10.4 Å². The van der Waals surface area contributed by atoms with Crippen LogP contribution in [0.1, 0.15) is 54.7 Å². The number of hydrogen-bond donors (Lipinski definition) is 2. The minimum absolute atomic E-state index is 0.0365. The molecule has 2 amide bonds. The highest BCUT2D eigenvalue weighted by Gasteiger charge is 2.30. The van der Waals surface area contributed by atoms with Crippen molar-refractivity contribution in [3.8, 4) is 5.88 Å². The molecule has 10 nitrogen and oxygen atoms in total. The van der Waals surface area contributed by atoms with E-state index in [4.69, 9.17) is 4.74 Å². The van der Waals surface area contributed by atoms with Crippen molar-refractivity contribution in [1.82, 2.24) is 24.4 Å². The summed E-state index contributed by atoms with van der Waals surface area (Å²) in [6.45, 7) is 7.14. The van der Waals surface area contributed by atoms with Gasteiger partial charge in [-0.25, -0.2) is 0 Å². The zero-order chi connectivity index (χ0) is 23.9. The lowest BCUT2D eigenvalue weighted by Crippen LogP contribution is -2.36. The van der Waals surface area contributed by atoms with Crippen LogP contribution in [0.4, 0.5) is 0 Å². The fourth-order valence-corrected chi connectivity index (χ4v) is 4.16. The molecular weight excluding hydrogens is 426 g/mol. The number of aromatic nitrogens is 3. The second kappa shape index (κ2) is 9.01. The summed E-state index contributed by atoms with van der Waals surface area (Å²) < 4.78 is 8.02. The van der Waals surface area contributed by atoms with Crippen LogP contribution in [0.15, 0.2) is 10.9 Å². The zero-order valence-electron chi connectivity index (χ0n) is 19.5. The standard InChI is InChI=1S/C23H31N5O5/c1-13(2)11-27-21-17(7-8-18(29)26-10-9-16(12-26)33-4)14(3)25-28(21)23(32)19(22(27)31)20(30)24-15-5-6-15/h7-8,13,15-16,32H,5-6,9-12H2,1-4H3,(H,24,30). The summed E-state index contributed by atoms with van der Waals surface area (Å²) in [4.78, 5) is 40.5. The number of aryl methyl sites for hydroxylation is 1. The Labute approximate surface area is 191 Å². The molecule has 2 N–H and O–H groups in total. The first-order valence-electron chi connectivity index (χ1n) is 11.4. The molecule has 4 rings (SSSR count). The van der Waals surface area contributed by atoms with Crippen molar-refractivity contribution in [2.45, 2.75) is 58.7 Å². The molecule has 2 aromatic heterocycles. The average molecular weight is 458 g/mol. The molecule has 2 aliphatic rings. The van der Waals surface area contributed by atoms with Gasteiger partial charge in [0.25, 0.3) is 11.5 Å². The molecule has 1 aliphatic carbocycles. The molecule has 0 bridgehead atoms. The first-order chi connectivity index (χ1) is 15.7. The van der Waals surface area contributed by atoms with Gasteiger partial charge in [0, 0.05) is 44.4 Å². The van der Waals surface area contributed by atoms with Gasteiger partial charge in [0.2, 0.25) is 11.8 Å². The maximum atomic E-state index is 13.3. The maximum absolute atomic E-state index is 13.3. The van der Waals surface area contributed by atoms with Crippen LogP contribution < -0.4 is 10.9 Å². The van der Waals surface area contributed by atoms with Crippen LogP contribution in [0.2, 0.25) is 0 Å². The number of carbonyl (C=O) groups excluding carboxylic acids is 2. The summed E-state index contributed by atoms with van der Waals surface area (Å²) in [5.41, 5.74) is 0.546. The fraction of sp³-hybridized carbons (Fsp3) is 0.565. The highest BCUT2D eigenvalue weighted by Crippen LogP contribution is 2.25. The molecule has 0 aromatic carbocycles. The van der Waals surface area contributed by atoms with E-state index < -0.39 is 17.3 Å². The van der Waals surface area contributed by atoms with Gasteiger partial charge in [-0.05, 0) is 38.2 Å². The van der Waals surface area contributed by atoms with Gasteiger partial charge in [-0.3, -0.25) is 19.0 Å². The first kappa shape index (κ1) is 23.0. The lowest BCUT2D eigenvalue weighted by atomic mass is 10.1. The number of fused-ring (bicyclic) bond motifs is 1. The van der Waals surface area contributed by atoms with Crippen molar-refractivity contribution in [3.63, 3.8) is 0 Å². The van der Waals surface area contributed by atoms with Crippen LogP contribution in [-0.2, 0) is 16.1 Å². The monoisotopic (exact) mass is 457 g/mol. The van der Waals surface area contributed by atoms with E-state index in [1.165, 1.54) is 15.2 Å². The molecule has 0 radical (unpaired) electrons. The van der Waals surface area contributed by atoms with Gasteiger partial charge in [0.1, 0.15) is 5.65 Å². The molecule has 1 saturated carbocycles. The first-order valence-corrected chi connectivity index (χ1v) is 11.4. The van der Waals surface area contributed by atoms with Crippen LogP contribution in [0.3, 0.4) is 0 Å². The normalized spacial score (nSPS) is 18.7. The van der Waals surface area contributed by atoms with Crippen LogP contribution in [0, 0.1) is 12.8 Å². The summed E-state index contributed by atoms with van der Waals surface area (Å²) in [6.07, 6.45) is 5.63. The van der Waals surface area contributed by atoms with Crippen molar-refractivity contribution in [3.05, 3.63) is 33.3 Å². The Morgan fingerprint density at radius 1 is 1.30 bits per heavy atom. The third-order valence-electron chi connectivity index (χ3n) is 6.09. The summed E-state index contributed by atoms with van der Waals surface area (Å²) in [5.74, 6) is -1.15. The van der Waals surface area contributed by atoms with Gasteiger partial charge in [0.15, 0.2) is 5.56 Å². The van der Waals surface area contributed by atoms with Crippen LogP contribution in [0.5, 0.6) is 5.88 Å². The number of nitrogens with zero attached hydrogens (tertiary/aromatic N) is 4. The summed E-state index contributed by atoms with van der Waals surface area (Å²) in [6, 6.07) is 0.0395. The minimum Gasteiger partial charge on any atom is -0.492 e. The molecule has 3 heterocycles. The second-order valence-corrected chi connectivity index (χ2v) is 9.25. The van der Waals surface area contributed by atoms with E-state index in [9.17, 15) is 19.5 Å². The molecule has 0 spiro atoms. The number of aromatic hydroxyl groups is 1. The maximum Gasteiger partial charge on any atom is 0.270 e. The van der Waals surface area contributed by atoms with Gasteiger partial charge >= 0.3 is 0 Å². The Hall–Kier alpha value is -3.14. The van der Waals surface area contributed by atoms with Crippen LogP contribution in [0.25, 0.3) is 11.7 Å². The van der Waals surface area contributed by atoms with E-state index in [-0.39, 0.29) is 29.5 Å². The molecular formula is C23H31N5O5. The number of ether oxygens (including phenoxy) is 1. The lowest BCUT2D eigenvalue weighted by Gasteiger charge is -2.15. The topological polar surface area (TPSA) is 118 Å². The molecule has 2 fully saturated rings. The number of hydrogen-bond acceptors (Lipinski definition) is 6. The average Bonchev–Trinajstić information content (AvgIpc) is 3.32. The van der Waals surface area contributed by atoms with Gasteiger partial charge in [0.05, 0.1) is 11.8 Å². The molecule has 1 unspecified atom stereocenters. The predicted octanol–water partition coefficient (Wildman–Crippen LogP) is 1.32. The summed E-state index contributed by atoms with van der Waals surface area (Å²) in [5, 5.41) is 18.0. The third-order valence-corrected chi connectivity index (χ3v) is 6.09. The lowest BCUT2D eigenvalue weighted by molar-refractivity contribution is -0.125. The highest BCUT2D eigenvalue weighted by atomic mass is 16.5. The Morgan fingerprint density at radius 3 is 2.64 bits per heavy atom. The Balaban J connectivity index is 1.77. The molecule has 33 heavy (non-hydrogen) atoms. The summed E-state index contributed by atoms with van der Waals surface area (Å²) in [7, 11) is 1.64. The predicted molar refractivity (Wildman–Crippen MR) is 122 cm³/mol. The van der Waals surface area contributed by atoms with Crippen molar-refractivity contribution in [1.29, 1.82) is 0 Å². The molecule has 178 valence electrons. The van der Waals surface area contributed by atoms with Gasteiger partial charge in [-0.1, -0.05) is 13.8 Å². The highest BCUT2D eigenvalue weighted by molar-refractivity contribution is 5.97. The summed E-state index contributed by atoms with van der Waals surface area (Å²) >= 11 is 0. The number of carbonyl (C=O) groups is 2. The van der Waals surface area contributed by atoms with Gasteiger partial charge in [-0.15, -0.1) is 0 Å². The zero-order valence-corrected chi connectivity index (χ0v) is 19.5. The van der Waals surface area contributed by atoms with E-state index in [0.29, 0.717) is 36.5 Å². The van der Waals surface area contributed by atoms with Crippen molar-refractivity contribution >= 4 is 23.5 Å². The molecule has 1 atom stereocenters. The number of nitrogens with one attached hydrogen (secondary N) is 1. The Morgan fingerprint density at radius 2 is 2.03 bits per heavy atom. The number of methoxy groups -OCH3 is 1. The van der Waals surface area contributed by atoms with E-state index in [1.807, 2.05) is 13.8 Å². The smallest absolute Gasteiger partial charge is 0.270 e. The van der Waals surface area contributed by atoms with Crippen molar-refractivity contribution < 1.29 is 19.4 Å². The van der Waals surface area contributed by atoms with E-state index >= 15 is 0 Å². The van der Waals surface area contributed by atoms with Gasteiger partial charge < -0.3 is 20.1 Å². The second-order valence-electron chi connectivity index (χ2n) is 9.25. The quantitative estimate of drug-likeness (QED) is 0.606. The number of amides is 2. The third kappa shape index (κ3) is 4.52. The molecule has 10 heteroatoms. The number of rotatable bonds is 7. The Kier molecular flexibility index (Phi) is 6.29. The van der Waals surface area contributed by atoms with Crippen LogP contribution >= 0.6 is 0 Å². The molecule has 1 saturated heterocycles. The largest absolute Gasteiger partial charge is 0.492 e. The van der Waals surface area contributed by atoms with E-state index in [0.717, 1.165) is 19.3 Å².